The Labute approximate surface area is 223 Å². The molecule has 0 saturated carbocycles. The van der Waals surface area contributed by atoms with E-state index in [9.17, 15) is 27.6 Å². The third-order valence-electron chi connectivity index (χ3n) is 5.20. The van der Waals surface area contributed by atoms with Crippen LogP contribution in [0.5, 0.6) is 5.75 Å². The number of ether oxygens (including phenoxy) is 1. The quantitative estimate of drug-likeness (QED) is 0.268. The highest BCUT2D eigenvalue weighted by molar-refractivity contribution is 6.42. The Balaban J connectivity index is 1.56. The van der Waals surface area contributed by atoms with Gasteiger partial charge in [0.2, 0.25) is 0 Å². The number of nitrogens with one attached hydrogen (secondary N) is 1. The van der Waals surface area contributed by atoms with Crippen molar-refractivity contribution in [1.29, 1.82) is 0 Å². The summed E-state index contributed by atoms with van der Waals surface area (Å²) in [6.07, 6.45) is -3.55. The average molecular weight is 570 g/mol. The molecular weight excluding hydrogens is 556 g/mol. The van der Waals surface area contributed by atoms with Crippen molar-refractivity contribution in [1.82, 2.24) is 5.32 Å². The smallest absolute Gasteiger partial charge is 0.416 e. The molecule has 0 radical (unpaired) electrons. The fourth-order valence-corrected chi connectivity index (χ4v) is 3.88. The summed E-state index contributed by atoms with van der Waals surface area (Å²) in [5, 5.41) is 2.47. The molecule has 0 spiro atoms. The standard InChI is InChI=1S/C25H14Cl3F3N2O4/c26-18-7-3-14(10-20(18)28)12-37-16-5-1-13(2-6-16)9-17-22(34)32-24(36)33(23(17)35)21-11-15(25(29,30)31)4-8-19(21)27/h1-11H,12H2,(H,32,34,36)/b17-9-. The van der Waals surface area contributed by atoms with E-state index in [2.05, 4.69) is 0 Å². The van der Waals surface area contributed by atoms with Crippen molar-refractivity contribution in [3.63, 3.8) is 0 Å². The van der Waals surface area contributed by atoms with Crippen molar-refractivity contribution in [3.8, 4) is 5.75 Å². The van der Waals surface area contributed by atoms with Crippen LogP contribution < -0.4 is 15.0 Å². The molecule has 1 aliphatic rings. The number of amides is 4. The maximum absolute atomic E-state index is 13.2. The number of hydrogen-bond donors (Lipinski definition) is 1. The van der Waals surface area contributed by atoms with Crippen molar-refractivity contribution in [2.24, 2.45) is 0 Å². The largest absolute Gasteiger partial charge is 0.489 e. The van der Waals surface area contributed by atoms with E-state index in [0.717, 1.165) is 11.6 Å². The van der Waals surface area contributed by atoms with E-state index in [0.29, 0.717) is 38.4 Å². The molecule has 1 aliphatic heterocycles. The number of alkyl halides is 3. The molecule has 3 aromatic rings. The lowest BCUT2D eigenvalue weighted by Gasteiger charge is -2.27. The minimum Gasteiger partial charge on any atom is -0.489 e. The SMILES string of the molecule is O=C1NC(=O)N(c2cc(C(F)(F)F)ccc2Cl)C(=O)/C1=C\c1ccc(OCc2ccc(Cl)c(Cl)c2)cc1. The highest BCUT2D eigenvalue weighted by Crippen LogP contribution is 2.36. The number of imide groups is 2. The molecule has 12 heteroatoms. The number of urea groups is 1. The molecular formula is C25H14Cl3F3N2O4. The van der Waals surface area contributed by atoms with Crippen molar-refractivity contribution >= 4 is 64.4 Å². The monoisotopic (exact) mass is 568 g/mol. The van der Waals surface area contributed by atoms with Gasteiger partial charge in [0, 0.05) is 0 Å². The lowest BCUT2D eigenvalue weighted by molar-refractivity contribution is -0.137. The fraction of sp³-hybridized carbons (Fsp3) is 0.0800. The van der Waals surface area contributed by atoms with Crippen LogP contribution >= 0.6 is 34.8 Å². The highest BCUT2D eigenvalue weighted by Gasteiger charge is 2.39. The first-order valence-electron chi connectivity index (χ1n) is 10.4. The lowest BCUT2D eigenvalue weighted by atomic mass is 10.1. The van der Waals surface area contributed by atoms with Crippen LogP contribution in [0.2, 0.25) is 15.1 Å². The van der Waals surface area contributed by atoms with Gasteiger partial charge in [0.15, 0.2) is 0 Å². The molecule has 190 valence electrons. The predicted molar refractivity (Wildman–Crippen MR) is 133 cm³/mol. The fourth-order valence-electron chi connectivity index (χ4n) is 3.36. The van der Waals surface area contributed by atoms with Crippen molar-refractivity contribution in [2.75, 3.05) is 4.90 Å². The van der Waals surface area contributed by atoms with E-state index in [-0.39, 0.29) is 11.6 Å². The van der Waals surface area contributed by atoms with Crippen LogP contribution in [0.15, 0.2) is 66.2 Å². The number of nitrogens with zero attached hydrogens (tertiary/aromatic N) is 1. The van der Waals surface area contributed by atoms with E-state index in [1.807, 2.05) is 5.32 Å². The summed E-state index contributed by atoms with van der Waals surface area (Å²) < 4.78 is 45.2. The molecule has 0 aliphatic carbocycles. The van der Waals surface area contributed by atoms with E-state index >= 15 is 0 Å². The maximum Gasteiger partial charge on any atom is 0.416 e. The number of rotatable bonds is 5. The van der Waals surface area contributed by atoms with Gasteiger partial charge in [-0.15, -0.1) is 0 Å². The molecule has 0 atom stereocenters. The normalized spacial score (nSPS) is 15.2. The van der Waals surface area contributed by atoms with Crippen LogP contribution in [0, 0.1) is 0 Å². The minimum atomic E-state index is -4.74. The van der Waals surface area contributed by atoms with Gasteiger partial charge in [-0.2, -0.15) is 13.2 Å². The number of carbonyl (C=O) groups excluding carboxylic acids is 3. The van der Waals surface area contributed by atoms with Crippen LogP contribution in [-0.4, -0.2) is 17.8 Å². The number of anilines is 1. The minimum absolute atomic E-state index is 0.201. The summed E-state index contributed by atoms with van der Waals surface area (Å²) in [5.41, 5.74) is -0.930. The first kappa shape index (κ1) is 26.5. The molecule has 0 unspecified atom stereocenters. The molecule has 4 rings (SSSR count). The Kier molecular flexibility index (Phi) is 7.49. The summed E-state index contributed by atoms with van der Waals surface area (Å²) in [6, 6.07) is 12.3. The first-order chi connectivity index (χ1) is 17.4. The molecule has 1 heterocycles. The molecule has 6 nitrogen and oxygen atoms in total. The van der Waals surface area contributed by atoms with E-state index in [1.165, 1.54) is 6.08 Å². The second-order valence-corrected chi connectivity index (χ2v) is 8.95. The molecule has 3 aromatic carbocycles. The van der Waals surface area contributed by atoms with Crippen molar-refractivity contribution < 1.29 is 32.3 Å². The van der Waals surface area contributed by atoms with Gasteiger partial charge in [-0.25, -0.2) is 9.69 Å². The number of hydrogen-bond acceptors (Lipinski definition) is 4. The summed E-state index contributed by atoms with van der Waals surface area (Å²) in [5.74, 6) is -1.66. The van der Waals surface area contributed by atoms with E-state index in [1.54, 1.807) is 42.5 Å². The van der Waals surface area contributed by atoms with Gasteiger partial charge in [-0.3, -0.25) is 14.9 Å². The maximum atomic E-state index is 13.2. The van der Waals surface area contributed by atoms with Crippen LogP contribution in [0.4, 0.5) is 23.7 Å². The Morgan fingerprint density at radius 3 is 2.19 bits per heavy atom. The topological polar surface area (TPSA) is 75.7 Å². The van der Waals surface area contributed by atoms with Gasteiger partial charge in [0.05, 0.1) is 26.3 Å². The first-order valence-corrected chi connectivity index (χ1v) is 11.5. The van der Waals surface area contributed by atoms with Crippen LogP contribution in [-0.2, 0) is 22.4 Å². The molecule has 1 fully saturated rings. The molecule has 0 bridgehead atoms. The van der Waals surface area contributed by atoms with Crippen molar-refractivity contribution in [2.45, 2.75) is 12.8 Å². The number of halogens is 6. The third kappa shape index (κ3) is 5.90. The van der Waals surface area contributed by atoms with Crippen LogP contribution in [0.3, 0.4) is 0 Å². The summed E-state index contributed by atoms with van der Waals surface area (Å²) in [6.45, 7) is 0.201. The predicted octanol–water partition coefficient (Wildman–Crippen LogP) is 6.91. The van der Waals surface area contributed by atoms with Gasteiger partial charge in [0.1, 0.15) is 17.9 Å². The number of carbonyl (C=O) groups is 3. The summed E-state index contributed by atoms with van der Waals surface area (Å²) in [4.78, 5) is 38.2. The molecule has 0 aromatic heterocycles. The zero-order chi connectivity index (χ0) is 26.9. The molecule has 1 N–H and O–H groups in total. The van der Waals surface area contributed by atoms with Gasteiger partial charge < -0.3 is 4.74 Å². The zero-order valence-corrected chi connectivity index (χ0v) is 20.7. The zero-order valence-electron chi connectivity index (χ0n) is 18.4. The van der Waals surface area contributed by atoms with Crippen LogP contribution in [0.25, 0.3) is 6.08 Å². The number of benzene rings is 3. The summed E-state index contributed by atoms with van der Waals surface area (Å²) >= 11 is 17.9. The Hall–Kier alpha value is -3.53. The Bertz CT molecular complexity index is 1440. The molecule has 37 heavy (non-hydrogen) atoms. The summed E-state index contributed by atoms with van der Waals surface area (Å²) in [7, 11) is 0. The highest BCUT2D eigenvalue weighted by atomic mass is 35.5. The van der Waals surface area contributed by atoms with E-state index in [4.69, 9.17) is 39.5 Å². The van der Waals surface area contributed by atoms with Gasteiger partial charge in [-0.1, -0.05) is 53.0 Å². The van der Waals surface area contributed by atoms with Gasteiger partial charge in [0.25, 0.3) is 11.8 Å². The molecule has 4 amide bonds. The Morgan fingerprint density at radius 2 is 1.54 bits per heavy atom. The second kappa shape index (κ2) is 10.5. The average Bonchev–Trinajstić information content (AvgIpc) is 2.83. The van der Waals surface area contributed by atoms with Gasteiger partial charge in [-0.05, 0) is 59.7 Å². The third-order valence-corrected chi connectivity index (χ3v) is 6.26. The van der Waals surface area contributed by atoms with Crippen LogP contribution in [0.1, 0.15) is 16.7 Å². The van der Waals surface area contributed by atoms with Crippen molar-refractivity contribution in [3.05, 3.63) is 98.0 Å². The number of barbiturate groups is 1. The molecule has 1 saturated heterocycles. The lowest BCUT2D eigenvalue weighted by Crippen LogP contribution is -2.54. The Morgan fingerprint density at radius 1 is 0.865 bits per heavy atom. The van der Waals surface area contributed by atoms with E-state index < -0.39 is 40.8 Å². The second-order valence-electron chi connectivity index (χ2n) is 7.73. The van der Waals surface area contributed by atoms with Gasteiger partial charge >= 0.3 is 12.2 Å².